The smallest absolute Gasteiger partial charge is 0.323 e. The Kier molecular flexibility index (Phi) is 3.77. The Morgan fingerprint density at radius 2 is 1.82 bits per heavy atom. The van der Waals surface area contributed by atoms with Crippen LogP contribution in [0.4, 0.5) is 16.2 Å². The number of amides is 2. The molecule has 0 atom stereocenters. The summed E-state index contributed by atoms with van der Waals surface area (Å²) in [5.41, 5.74) is 3.50. The van der Waals surface area contributed by atoms with Gasteiger partial charge in [-0.15, -0.1) is 0 Å². The highest BCUT2D eigenvalue weighted by atomic mass is 35.5. The molecule has 22 heavy (non-hydrogen) atoms. The minimum Gasteiger partial charge on any atom is -0.348 e. The average Bonchev–Trinajstić information content (AvgIpc) is 2.80. The number of urea groups is 1. The molecule has 4 nitrogen and oxygen atoms in total. The SMILES string of the molecule is Cc1ccc(Cl)cc1NC(=O)Nc1cn(C)c2ccccc12. The number of aryl methyl sites for hydroxylation is 2. The summed E-state index contributed by atoms with van der Waals surface area (Å²) in [5, 5.41) is 7.31. The van der Waals surface area contributed by atoms with Crippen molar-refractivity contribution in [3.05, 3.63) is 59.2 Å². The molecule has 0 aliphatic carbocycles. The second kappa shape index (κ2) is 5.73. The summed E-state index contributed by atoms with van der Waals surface area (Å²) in [6.45, 7) is 1.92. The molecule has 1 aromatic heterocycles. The second-order valence-electron chi connectivity index (χ2n) is 5.21. The third-order valence-corrected chi connectivity index (χ3v) is 3.83. The fourth-order valence-corrected chi connectivity index (χ4v) is 2.62. The van der Waals surface area contributed by atoms with E-state index in [2.05, 4.69) is 10.6 Å². The lowest BCUT2D eigenvalue weighted by atomic mass is 10.2. The van der Waals surface area contributed by atoms with Crippen LogP contribution in [0.5, 0.6) is 0 Å². The molecule has 112 valence electrons. The van der Waals surface area contributed by atoms with E-state index in [-0.39, 0.29) is 6.03 Å². The van der Waals surface area contributed by atoms with Gasteiger partial charge in [-0.1, -0.05) is 35.9 Å². The Balaban J connectivity index is 1.83. The van der Waals surface area contributed by atoms with Crippen molar-refractivity contribution in [2.24, 2.45) is 7.05 Å². The molecule has 0 fully saturated rings. The van der Waals surface area contributed by atoms with E-state index in [9.17, 15) is 4.79 Å². The van der Waals surface area contributed by atoms with Crippen molar-refractivity contribution in [2.75, 3.05) is 10.6 Å². The van der Waals surface area contributed by atoms with Gasteiger partial charge in [-0.3, -0.25) is 0 Å². The van der Waals surface area contributed by atoms with Crippen LogP contribution in [-0.2, 0) is 7.05 Å². The van der Waals surface area contributed by atoms with E-state index in [1.54, 1.807) is 12.1 Å². The van der Waals surface area contributed by atoms with E-state index < -0.39 is 0 Å². The fraction of sp³-hybridized carbons (Fsp3) is 0.118. The molecule has 5 heteroatoms. The summed E-state index contributed by atoms with van der Waals surface area (Å²) in [5.74, 6) is 0. The largest absolute Gasteiger partial charge is 0.348 e. The number of rotatable bonds is 2. The standard InChI is InChI=1S/C17H16ClN3O/c1-11-7-8-12(18)9-14(11)19-17(22)20-15-10-21(2)16-6-4-3-5-13(15)16/h3-10H,1-2H3,(H2,19,20,22). The summed E-state index contributed by atoms with van der Waals surface area (Å²) in [6.07, 6.45) is 1.90. The lowest BCUT2D eigenvalue weighted by Crippen LogP contribution is -2.19. The van der Waals surface area contributed by atoms with Crippen LogP contribution in [-0.4, -0.2) is 10.6 Å². The molecule has 0 aliphatic rings. The zero-order valence-electron chi connectivity index (χ0n) is 12.4. The number of aromatic nitrogens is 1. The molecule has 2 aromatic carbocycles. The van der Waals surface area contributed by atoms with Crippen LogP contribution < -0.4 is 10.6 Å². The summed E-state index contributed by atoms with van der Waals surface area (Å²) >= 11 is 5.97. The highest BCUT2D eigenvalue weighted by Crippen LogP contribution is 2.25. The molecule has 0 aliphatic heterocycles. The third-order valence-electron chi connectivity index (χ3n) is 3.59. The van der Waals surface area contributed by atoms with Gasteiger partial charge in [0.2, 0.25) is 0 Å². The van der Waals surface area contributed by atoms with E-state index in [1.165, 1.54) is 0 Å². The Morgan fingerprint density at radius 1 is 1.09 bits per heavy atom. The number of halogens is 1. The lowest BCUT2D eigenvalue weighted by Gasteiger charge is -2.09. The fourth-order valence-electron chi connectivity index (χ4n) is 2.45. The van der Waals surface area contributed by atoms with Crippen LogP contribution in [0.2, 0.25) is 5.02 Å². The van der Waals surface area contributed by atoms with Gasteiger partial charge in [0.25, 0.3) is 0 Å². The molecule has 3 aromatic rings. The summed E-state index contributed by atoms with van der Waals surface area (Å²) in [4.78, 5) is 12.2. The number of nitrogens with zero attached hydrogens (tertiary/aromatic N) is 1. The van der Waals surface area contributed by atoms with Crippen molar-refractivity contribution >= 4 is 39.9 Å². The Hall–Kier alpha value is -2.46. The van der Waals surface area contributed by atoms with Crippen LogP contribution in [0, 0.1) is 6.92 Å². The van der Waals surface area contributed by atoms with Crippen molar-refractivity contribution in [3.8, 4) is 0 Å². The van der Waals surface area contributed by atoms with E-state index in [0.29, 0.717) is 10.7 Å². The minimum absolute atomic E-state index is 0.290. The first-order chi connectivity index (χ1) is 10.5. The molecule has 1 heterocycles. The predicted octanol–water partition coefficient (Wildman–Crippen LogP) is 4.78. The van der Waals surface area contributed by atoms with E-state index >= 15 is 0 Å². The number of para-hydroxylation sites is 1. The summed E-state index contributed by atoms with van der Waals surface area (Å²) in [7, 11) is 1.95. The molecular formula is C17H16ClN3O. The molecule has 0 saturated heterocycles. The number of hydrogen-bond acceptors (Lipinski definition) is 1. The molecule has 2 amide bonds. The van der Waals surface area contributed by atoms with Gasteiger partial charge in [-0.2, -0.15) is 0 Å². The highest BCUT2D eigenvalue weighted by Gasteiger charge is 2.10. The van der Waals surface area contributed by atoms with Gasteiger partial charge in [0.15, 0.2) is 0 Å². The predicted molar refractivity (Wildman–Crippen MR) is 91.7 cm³/mol. The number of benzene rings is 2. The van der Waals surface area contributed by atoms with Crippen LogP contribution in [0.1, 0.15) is 5.56 Å². The Morgan fingerprint density at radius 3 is 2.64 bits per heavy atom. The van der Waals surface area contributed by atoms with Gasteiger partial charge in [0.05, 0.1) is 5.69 Å². The molecule has 0 radical (unpaired) electrons. The molecule has 2 N–H and O–H groups in total. The minimum atomic E-state index is -0.290. The lowest BCUT2D eigenvalue weighted by molar-refractivity contribution is 0.262. The van der Waals surface area contributed by atoms with Crippen LogP contribution in [0.3, 0.4) is 0 Å². The molecule has 0 unspecified atom stereocenters. The summed E-state index contributed by atoms with van der Waals surface area (Å²) < 4.78 is 1.98. The maximum atomic E-state index is 12.2. The van der Waals surface area contributed by atoms with Gasteiger partial charge in [0.1, 0.15) is 0 Å². The van der Waals surface area contributed by atoms with Crippen molar-refractivity contribution in [1.29, 1.82) is 0 Å². The van der Waals surface area contributed by atoms with Crippen molar-refractivity contribution in [1.82, 2.24) is 4.57 Å². The summed E-state index contributed by atoms with van der Waals surface area (Å²) in [6, 6.07) is 13.0. The first-order valence-corrected chi connectivity index (χ1v) is 7.30. The number of hydrogen-bond donors (Lipinski definition) is 2. The average molecular weight is 314 g/mol. The van der Waals surface area contributed by atoms with Gasteiger partial charge < -0.3 is 15.2 Å². The first kappa shape index (κ1) is 14.5. The van der Waals surface area contributed by atoms with E-state index in [1.807, 2.05) is 55.1 Å². The monoisotopic (exact) mass is 313 g/mol. The number of anilines is 2. The molecular weight excluding hydrogens is 298 g/mol. The number of carbonyl (C=O) groups excluding carboxylic acids is 1. The van der Waals surface area contributed by atoms with Gasteiger partial charge in [-0.05, 0) is 30.7 Å². The number of fused-ring (bicyclic) bond motifs is 1. The highest BCUT2D eigenvalue weighted by molar-refractivity contribution is 6.31. The third kappa shape index (κ3) is 2.78. The normalized spacial score (nSPS) is 10.7. The molecule has 3 rings (SSSR count). The maximum absolute atomic E-state index is 12.2. The molecule has 0 bridgehead atoms. The Labute approximate surface area is 133 Å². The van der Waals surface area contributed by atoms with Crippen molar-refractivity contribution in [3.63, 3.8) is 0 Å². The van der Waals surface area contributed by atoms with Crippen molar-refractivity contribution < 1.29 is 4.79 Å². The zero-order valence-corrected chi connectivity index (χ0v) is 13.1. The topological polar surface area (TPSA) is 46.1 Å². The van der Waals surface area contributed by atoms with Gasteiger partial charge >= 0.3 is 6.03 Å². The molecule has 0 spiro atoms. The van der Waals surface area contributed by atoms with E-state index in [4.69, 9.17) is 11.6 Å². The van der Waals surface area contributed by atoms with Crippen molar-refractivity contribution in [2.45, 2.75) is 6.92 Å². The van der Waals surface area contributed by atoms with E-state index in [0.717, 1.165) is 22.2 Å². The van der Waals surface area contributed by atoms with Gasteiger partial charge in [-0.25, -0.2) is 4.79 Å². The number of carbonyl (C=O) groups is 1. The molecule has 0 saturated carbocycles. The number of nitrogens with one attached hydrogen (secondary N) is 2. The first-order valence-electron chi connectivity index (χ1n) is 6.93. The second-order valence-corrected chi connectivity index (χ2v) is 5.65. The van der Waals surface area contributed by atoms with Gasteiger partial charge in [0, 0.05) is 34.9 Å². The van der Waals surface area contributed by atoms with Crippen LogP contribution in [0.15, 0.2) is 48.7 Å². The maximum Gasteiger partial charge on any atom is 0.323 e. The quantitative estimate of drug-likeness (QED) is 0.702. The zero-order chi connectivity index (χ0) is 15.7. The van der Waals surface area contributed by atoms with Crippen LogP contribution >= 0.6 is 11.6 Å². The van der Waals surface area contributed by atoms with Crippen LogP contribution in [0.25, 0.3) is 10.9 Å². The Bertz CT molecular complexity index is 854.